The zero-order valence-electron chi connectivity index (χ0n) is 16.9. The van der Waals surface area contributed by atoms with E-state index < -0.39 is 0 Å². The lowest BCUT2D eigenvalue weighted by molar-refractivity contribution is -0.0855. The zero-order valence-corrected chi connectivity index (χ0v) is 16.9. The summed E-state index contributed by atoms with van der Waals surface area (Å²) < 4.78 is 11.2. The molecule has 1 aromatic rings. The maximum absolute atomic E-state index is 12.1. The minimum Gasteiger partial charge on any atom is -0.381 e. The van der Waals surface area contributed by atoms with Crippen LogP contribution in [0.5, 0.6) is 0 Å². The van der Waals surface area contributed by atoms with Crippen LogP contribution in [0.3, 0.4) is 0 Å². The number of benzene rings is 1. The van der Waals surface area contributed by atoms with Crippen molar-refractivity contribution >= 4 is 11.9 Å². The third-order valence-electron chi connectivity index (χ3n) is 4.92. The van der Waals surface area contributed by atoms with Gasteiger partial charge in [0.05, 0.1) is 5.60 Å². The SMILES string of the molecule is CN=C(NCCc1cccc(C(=O)N(C)C)c1)NCC1(OC)CCOCC1. The van der Waals surface area contributed by atoms with Gasteiger partial charge in [0.1, 0.15) is 0 Å². The Hall–Kier alpha value is -2.12. The number of carbonyl (C=O) groups excluding carboxylic acids is 1. The van der Waals surface area contributed by atoms with Gasteiger partial charge in [-0.15, -0.1) is 0 Å². The Kier molecular flexibility index (Phi) is 8.06. The normalized spacial score (nSPS) is 16.7. The van der Waals surface area contributed by atoms with Crippen LogP contribution >= 0.6 is 0 Å². The predicted molar refractivity (Wildman–Crippen MR) is 107 cm³/mol. The maximum Gasteiger partial charge on any atom is 0.253 e. The minimum atomic E-state index is -0.198. The van der Waals surface area contributed by atoms with Crippen LogP contribution in [-0.4, -0.2) is 76.9 Å². The largest absolute Gasteiger partial charge is 0.381 e. The van der Waals surface area contributed by atoms with Gasteiger partial charge in [-0.1, -0.05) is 12.1 Å². The Bertz CT molecular complexity index is 640. The summed E-state index contributed by atoms with van der Waals surface area (Å²) in [4.78, 5) is 18.0. The third-order valence-corrected chi connectivity index (χ3v) is 4.92. The van der Waals surface area contributed by atoms with Gasteiger partial charge in [-0.2, -0.15) is 0 Å². The molecule has 1 saturated heterocycles. The predicted octanol–water partition coefficient (Wildman–Crippen LogP) is 1.29. The molecule has 0 aliphatic carbocycles. The standard InChI is InChI=1S/C20H32N4O3/c1-21-19(23-15-20(26-4)9-12-27-13-10-20)22-11-8-16-6-5-7-17(14-16)18(25)24(2)3/h5-7,14H,8-13,15H2,1-4H3,(H2,21,22,23). The van der Waals surface area contributed by atoms with Crippen molar-refractivity contribution in [2.75, 3.05) is 54.6 Å². The fraction of sp³-hybridized carbons (Fsp3) is 0.600. The van der Waals surface area contributed by atoms with Crippen LogP contribution in [0.25, 0.3) is 0 Å². The van der Waals surface area contributed by atoms with Crippen molar-refractivity contribution in [2.45, 2.75) is 24.9 Å². The molecule has 1 fully saturated rings. The fourth-order valence-corrected chi connectivity index (χ4v) is 3.11. The first-order valence-electron chi connectivity index (χ1n) is 9.38. The van der Waals surface area contributed by atoms with E-state index in [1.807, 2.05) is 24.3 Å². The summed E-state index contributed by atoms with van der Waals surface area (Å²) in [5.41, 5.74) is 1.63. The average Bonchev–Trinajstić information content (AvgIpc) is 2.70. The van der Waals surface area contributed by atoms with E-state index in [1.165, 1.54) is 0 Å². The highest BCUT2D eigenvalue weighted by Gasteiger charge is 2.32. The Labute approximate surface area is 162 Å². The van der Waals surface area contributed by atoms with Crippen molar-refractivity contribution in [1.29, 1.82) is 0 Å². The second-order valence-corrected chi connectivity index (χ2v) is 7.00. The molecule has 2 N–H and O–H groups in total. The smallest absolute Gasteiger partial charge is 0.253 e. The van der Waals surface area contributed by atoms with Crippen LogP contribution in [0.4, 0.5) is 0 Å². The summed E-state index contributed by atoms with van der Waals surface area (Å²) in [7, 11) is 7.04. The maximum atomic E-state index is 12.1. The van der Waals surface area contributed by atoms with Gasteiger partial charge >= 0.3 is 0 Å². The van der Waals surface area contributed by atoms with Crippen molar-refractivity contribution in [3.05, 3.63) is 35.4 Å². The quantitative estimate of drug-likeness (QED) is 0.554. The molecule has 0 radical (unpaired) electrons. The van der Waals surface area contributed by atoms with E-state index in [9.17, 15) is 4.79 Å². The molecule has 1 amide bonds. The second kappa shape index (κ2) is 10.3. The van der Waals surface area contributed by atoms with Gasteiger partial charge in [-0.25, -0.2) is 0 Å². The lowest BCUT2D eigenvalue weighted by Crippen LogP contribution is -2.51. The van der Waals surface area contributed by atoms with Gasteiger partial charge < -0.3 is 25.0 Å². The first kappa shape index (κ1) is 21.2. The van der Waals surface area contributed by atoms with Gasteiger partial charge in [-0.3, -0.25) is 9.79 Å². The van der Waals surface area contributed by atoms with Crippen LogP contribution in [0, 0.1) is 0 Å². The number of rotatable bonds is 7. The Balaban J connectivity index is 1.83. The van der Waals surface area contributed by atoms with Crippen molar-refractivity contribution in [1.82, 2.24) is 15.5 Å². The molecule has 1 aromatic carbocycles. The molecule has 0 spiro atoms. The zero-order chi connectivity index (χ0) is 19.7. The van der Waals surface area contributed by atoms with E-state index >= 15 is 0 Å². The van der Waals surface area contributed by atoms with Crippen molar-refractivity contribution in [2.24, 2.45) is 4.99 Å². The lowest BCUT2D eigenvalue weighted by Gasteiger charge is -2.36. The summed E-state index contributed by atoms with van der Waals surface area (Å²) in [6.07, 6.45) is 2.55. The topological polar surface area (TPSA) is 75.2 Å². The molecule has 1 aliphatic heterocycles. The summed E-state index contributed by atoms with van der Waals surface area (Å²) in [6, 6.07) is 7.75. The van der Waals surface area contributed by atoms with E-state index in [2.05, 4.69) is 15.6 Å². The van der Waals surface area contributed by atoms with Crippen molar-refractivity contribution in [3.63, 3.8) is 0 Å². The first-order chi connectivity index (χ1) is 13.0. The van der Waals surface area contributed by atoms with E-state index in [0.717, 1.165) is 50.5 Å². The number of carbonyl (C=O) groups is 1. The van der Waals surface area contributed by atoms with Gasteiger partial charge in [0.25, 0.3) is 5.91 Å². The van der Waals surface area contributed by atoms with Crippen LogP contribution in [0.2, 0.25) is 0 Å². The number of ether oxygens (including phenoxy) is 2. The number of hydrogen-bond donors (Lipinski definition) is 2. The lowest BCUT2D eigenvalue weighted by atomic mass is 9.94. The molecule has 0 bridgehead atoms. The molecular weight excluding hydrogens is 344 g/mol. The minimum absolute atomic E-state index is 0.0172. The van der Waals surface area contributed by atoms with Crippen molar-refractivity contribution < 1.29 is 14.3 Å². The van der Waals surface area contributed by atoms with Crippen LogP contribution < -0.4 is 10.6 Å². The average molecular weight is 377 g/mol. The van der Waals surface area contributed by atoms with Gasteiger partial charge in [0.15, 0.2) is 5.96 Å². The van der Waals surface area contributed by atoms with E-state index in [-0.39, 0.29) is 11.5 Å². The molecule has 0 aromatic heterocycles. The number of amides is 1. The number of aliphatic imine (C=N–C) groups is 1. The molecule has 0 atom stereocenters. The van der Waals surface area contributed by atoms with Gasteiger partial charge in [-0.05, 0) is 24.1 Å². The highest BCUT2D eigenvalue weighted by molar-refractivity contribution is 5.94. The van der Waals surface area contributed by atoms with E-state index in [0.29, 0.717) is 12.1 Å². The molecule has 1 aliphatic rings. The highest BCUT2D eigenvalue weighted by atomic mass is 16.5. The van der Waals surface area contributed by atoms with Crippen LogP contribution in [-0.2, 0) is 15.9 Å². The number of methoxy groups -OCH3 is 1. The van der Waals surface area contributed by atoms with E-state index in [4.69, 9.17) is 9.47 Å². The van der Waals surface area contributed by atoms with Crippen molar-refractivity contribution in [3.8, 4) is 0 Å². The Morgan fingerprint density at radius 2 is 2.04 bits per heavy atom. The molecule has 7 nitrogen and oxygen atoms in total. The Morgan fingerprint density at radius 1 is 1.30 bits per heavy atom. The number of guanidine groups is 1. The molecule has 27 heavy (non-hydrogen) atoms. The third kappa shape index (κ3) is 6.22. The second-order valence-electron chi connectivity index (χ2n) is 7.00. The Morgan fingerprint density at radius 3 is 2.67 bits per heavy atom. The highest BCUT2D eigenvalue weighted by Crippen LogP contribution is 2.23. The summed E-state index contributed by atoms with van der Waals surface area (Å²) in [5.74, 6) is 0.766. The summed E-state index contributed by atoms with van der Waals surface area (Å²) >= 11 is 0. The summed E-state index contributed by atoms with van der Waals surface area (Å²) in [5, 5.41) is 6.69. The molecule has 0 unspecified atom stereocenters. The van der Waals surface area contributed by atoms with Crippen LogP contribution in [0.1, 0.15) is 28.8 Å². The number of nitrogens with one attached hydrogen (secondary N) is 2. The van der Waals surface area contributed by atoms with E-state index in [1.54, 1.807) is 33.2 Å². The molecule has 2 rings (SSSR count). The monoisotopic (exact) mass is 376 g/mol. The molecular formula is C20H32N4O3. The van der Waals surface area contributed by atoms with Gasteiger partial charge in [0, 0.05) is 73.0 Å². The molecule has 0 saturated carbocycles. The van der Waals surface area contributed by atoms with Gasteiger partial charge in [0.2, 0.25) is 0 Å². The number of nitrogens with zero attached hydrogens (tertiary/aromatic N) is 2. The first-order valence-corrected chi connectivity index (χ1v) is 9.38. The number of hydrogen-bond acceptors (Lipinski definition) is 4. The molecule has 1 heterocycles. The fourth-order valence-electron chi connectivity index (χ4n) is 3.11. The van der Waals surface area contributed by atoms with Crippen LogP contribution in [0.15, 0.2) is 29.3 Å². The summed E-state index contributed by atoms with van der Waals surface area (Å²) in [6.45, 7) is 2.87. The molecule has 7 heteroatoms. The molecule has 150 valence electrons.